The van der Waals surface area contributed by atoms with Gasteiger partial charge in [0.1, 0.15) is 5.82 Å². The number of aryl methyl sites for hydroxylation is 1. The second-order valence-corrected chi connectivity index (χ2v) is 4.55. The van der Waals surface area contributed by atoms with Crippen molar-refractivity contribution in [1.29, 1.82) is 0 Å². The topological polar surface area (TPSA) is 24.1 Å². The maximum Gasteiger partial charge on any atom is 0.125 e. The van der Waals surface area contributed by atoms with E-state index in [1.807, 2.05) is 13.0 Å². The van der Waals surface area contributed by atoms with Crippen molar-refractivity contribution >= 4 is 5.69 Å². The van der Waals surface area contributed by atoms with Gasteiger partial charge in [0.15, 0.2) is 0 Å². The lowest BCUT2D eigenvalue weighted by atomic mass is 9.99. The van der Waals surface area contributed by atoms with Crippen molar-refractivity contribution < 1.29 is 4.39 Å². The highest BCUT2D eigenvalue weighted by Gasteiger charge is 2.12. The van der Waals surface area contributed by atoms with Gasteiger partial charge in [-0.1, -0.05) is 6.07 Å². The molecule has 2 rings (SSSR count). The number of hydrogen-bond donors (Lipinski definition) is 2. The number of rotatable bonds is 3. The molecule has 0 spiro atoms. The summed E-state index contributed by atoms with van der Waals surface area (Å²) < 4.78 is 13.1. The van der Waals surface area contributed by atoms with Crippen LogP contribution in [-0.2, 0) is 0 Å². The minimum atomic E-state index is -0.171. The molecule has 1 atom stereocenters. The molecule has 0 aromatic heterocycles. The molecule has 0 saturated carbocycles. The quantitative estimate of drug-likeness (QED) is 0.821. The number of piperidine rings is 1. The number of halogens is 1. The molecule has 1 saturated heterocycles. The van der Waals surface area contributed by atoms with Crippen molar-refractivity contribution in [2.75, 3.05) is 25.0 Å². The van der Waals surface area contributed by atoms with Gasteiger partial charge >= 0.3 is 0 Å². The Balaban J connectivity index is 1.90. The minimum absolute atomic E-state index is 0.171. The van der Waals surface area contributed by atoms with Crippen molar-refractivity contribution in [2.24, 2.45) is 5.92 Å². The van der Waals surface area contributed by atoms with E-state index in [0.29, 0.717) is 5.92 Å². The molecule has 1 fully saturated rings. The molecule has 3 heteroatoms. The van der Waals surface area contributed by atoms with Gasteiger partial charge < -0.3 is 10.6 Å². The maximum absolute atomic E-state index is 13.1. The Labute approximate surface area is 96.2 Å². The smallest absolute Gasteiger partial charge is 0.125 e. The molecule has 0 bridgehead atoms. The van der Waals surface area contributed by atoms with Crippen LogP contribution in [0.3, 0.4) is 0 Å². The lowest BCUT2D eigenvalue weighted by Crippen LogP contribution is -2.33. The van der Waals surface area contributed by atoms with Crippen LogP contribution in [0, 0.1) is 18.7 Å². The van der Waals surface area contributed by atoms with Crippen LogP contribution in [0.4, 0.5) is 10.1 Å². The Morgan fingerprint density at radius 1 is 1.50 bits per heavy atom. The fourth-order valence-corrected chi connectivity index (χ4v) is 2.14. The van der Waals surface area contributed by atoms with Crippen LogP contribution in [-0.4, -0.2) is 19.6 Å². The summed E-state index contributed by atoms with van der Waals surface area (Å²) in [6.45, 7) is 5.13. The average molecular weight is 222 g/mol. The average Bonchev–Trinajstić information content (AvgIpc) is 2.32. The Bertz CT molecular complexity index is 346. The largest absolute Gasteiger partial charge is 0.384 e. The van der Waals surface area contributed by atoms with Gasteiger partial charge in [-0.2, -0.15) is 0 Å². The Morgan fingerprint density at radius 3 is 3.12 bits per heavy atom. The number of anilines is 1. The number of nitrogens with one attached hydrogen (secondary N) is 2. The highest BCUT2D eigenvalue weighted by molar-refractivity contribution is 5.50. The van der Waals surface area contributed by atoms with Crippen LogP contribution in [0.5, 0.6) is 0 Å². The van der Waals surface area contributed by atoms with Gasteiger partial charge in [0, 0.05) is 12.2 Å². The lowest BCUT2D eigenvalue weighted by Gasteiger charge is -2.23. The second kappa shape index (κ2) is 5.30. The summed E-state index contributed by atoms with van der Waals surface area (Å²) in [6, 6.07) is 4.89. The van der Waals surface area contributed by atoms with E-state index in [4.69, 9.17) is 0 Å². The molecule has 0 radical (unpaired) electrons. The molecule has 0 amide bonds. The van der Waals surface area contributed by atoms with Gasteiger partial charge in [0.25, 0.3) is 0 Å². The fraction of sp³-hybridized carbons (Fsp3) is 0.538. The molecule has 1 heterocycles. The van der Waals surface area contributed by atoms with Crippen molar-refractivity contribution in [2.45, 2.75) is 19.8 Å². The molecule has 2 N–H and O–H groups in total. The van der Waals surface area contributed by atoms with Crippen LogP contribution < -0.4 is 10.6 Å². The molecule has 1 aliphatic heterocycles. The first kappa shape index (κ1) is 11.4. The van der Waals surface area contributed by atoms with Crippen molar-refractivity contribution in [3.63, 3.8) is 0 Å². The Kier molecular flexibility index (Phi) is 3.78. The van der Waals surface area contributed by atoms with E-state index in [1.54, 1.807) is 6.07 Å². The van der Waals surface area contributed by atoms with E-state index in [-0.39, 0.29) is 5.82 Å². The van der Waals surface area contributed by atoms with E-state index in [1.165, 1.54) is 18.9 Å². The predicted octanol–water partition coefficient (Wildman–Crippen LogP) is 2.55. The first-order valence-electron chi connectivity index (χ1n) is 5.96. The summed E-state index contributed by atoms with van der Waals surface area (Å²) in [4.78, 5) is 0. The Morgan fingerprint density at radius 2 is 2.38 bits per heavy atom. The molecular weight excluding hydrogens is 203 g/mol. The summed E-state index contributed by atoms with van der Waals surface area (Å²) >= 11 is 0. The van der Waals surface area contributed by atoms with Crippen LogP contribution >= 0.6 is 0 Å². The van der Waals surface area contributed by atoms with E-state index in [0.717, 1.165) is 30.9 Å². The molecular formula is C13H19FN2. The van der Waals surface area contributed by atoms with Gasteiger partial charge in [-0.05, 0) is 56.5 Å². The molecule has 88 valence electrons. The summed E-state index contributed by atoms with van der Waals surface area (Å²) in [6.07, 6.45) is 2.50. The predicted molar refractivity (Wildman–Crippen MR) is 65.2 cm³/mol. The van der Waals surface area contributed by atoms with Gasteiger partial charge in [-0.3, -0.25) is 0 Å². The molecule has 1 aliphatic rings. The summed E-state index contributed by atoms with van der Waals surface area (Å²) in [5.41, 5.74) is 2.02. The summed E-state index contributed by atoms with van der Waals surface area (Å²) in [5, 5.41) is 6.73. The highest BCUT2D eigenvalue weighted by atomic mass is 19.1. The minimum Gasteiger partial charge on any atom is -0.384 e. The van der Waals surface area contributed by atoms with Gasteiger partial charge in [0.05, 0.1) is 0 Å². The van der Waals surface area contributed by atoms with Crippen molar-refractivity contribution in [1.82, 2.24) is 5.32 Å². The Hall–Kier alpha value is -1.09. The van der Waals surface area contributed by atoms with Crippen LogP contribution in [0.25, 0.3) is 0 Å². The van der Waals surface area contributed by atoms with E-state index < -0.39 is 0 Å². The van der Waals surface area contributed by atoms with Crippen LogP contribution in [0.15, 0.2) is 18.2 Å². The SMILES string of the molecule is Cc1ccc(F)cc1NCC1CCCNC1. The molecule has 1 unspecified atom stereocenters. The third-order valence-corrected chi connectivity index (χ3v) is 3.18. The first-order valence-corrected chi connectivity index (χ1v) is 5.96. The number of hydrogen-bond acceptors (Lipinski definition) is 2. The lowest BCUT2D eigenvalue weighted by molar-refractivity contribution is 0.393. The van der Waals surface area contributed by atoms with Crippen molar-refractivity contribution in [3.05, 3.63) is 29.6 Å². The summed E-state index contributed by atoms with van der Waals surface area (Å²) in [7, 11) is 0. The monoisotopic (exact) mass is 222 g/mol. The molecule has 1 aromatic carbocycles. The van der Waals surface area contributed by atoms with Crippen LogP contribution in [0.1, 0.15) is 18.4 Å². The summed E-state index contributed by atoms with van der Waals surface area (Å²) in [5.74, 6) is 0.492. The third-order valence-electron chi connectivity index (χ3n) is 3.18. The van der Waals surface area contributed by atoms with E-state index in [9.17, 15) is 4.39 Å². The molecule has 2 nitrogen and oxygen atoms in total. The number of benzene rings is 1. The zero-order valence-corrected chi connectivity index (χ0v) is 9.72. The standard InChI is InChI=1S/C13H19FN2/c1-10-4-5-12(14)7-13(10)16-9-11-3-2-6-15-8-11/h4-5,7,11,15-16H,2-3,6,8-9H2,1H3. The van der Waals surface area contributed by atoms with E-state index in [2.05, 4.69) is 10.6 Å². The normalized spacial score (nSPS) is 20.8. The second-order valence-electron chi connectivity index (χ2n) is 4.55. The zero-order chi connectivity index (χ0) is 11.4. The molecule has 0 aliphatic carbocycles. The molecule has 16 heavy (non-hydrogen) atoms. The first-order chi connectivity index (χ1) is 7.75. The fourth-order valence-electron chi connectivity index (χ4n) is 2.14. The van der Waals surface area contributed by atoms with Gasteiger partial charge in [-0.15, -0.1) is 0 Å². The zero-order valence-electron chi connectivity index (χ0n) is 9.72. The molecule has 1 aromatic rings. The van der Waals surface area contributed by atoms with E-state index >= 15 is 0 Å². The van der Waals surface area contributed by atoms with Crippen LogP contribution in [0.2, 0.25) is 0 Å². The third kappa shape index (κ3) is 2.95. The van der Waals surface area contributed by atoms with Gasteiger partial charge in [0.2, 0.25) is 0 Å². The van der Waals surface area contributed by atoms with Crippen molar-refractivity contribution in [3.8, 4) is 0 Å². The maximum atomic E-state index is 13.1. The van der Waals surface area contributed by atoms with Gasteiger partial charge in [-0.25, -0.2) is 4.39 Å². The highest BCUT2D eigenvalue weighted by Crippen LogP contribution is 2.17.